The predicted octanol–water partition coefficient (Wildman–Crippen LogP) is 2.13. The molecule has 0 saturated carbocycles. The molecule has 2 rings (SSSR count). The van der Waals surface area contributed by atoms with Gasteiger partial charge in [0.25, 0.3) is 0 Å². The highest BCUT2D eigenvalue weighted by atomic mass is 16.5. The third kappa shape index (κ3) is 5.14. The molecule has 2 aromatic rings. The Bertz CT molecular complexity index is 555. The van der Waals surface area contributed by atoms with Crippen LogP contribution in [0.25, 0.3) is 0 Å². The summed E-state index contributed by atoms with van der Waals surface area (Å²) in [6.07, 6.45) is 2.49. The van der Waals surface area contributed by atoms with Crippen molar-refractivity contribution in [2.24, 2.45) is 0 Å². The zero-order valence-corrected chi connectivity index (χ0v) is 12.0. The van der Waals surface area contributed by atoms with Crippen molar-refractivity contribution in [2.75, 3.05) is 13.7 Å². The lowest BCUT2D eigenvalue weighted by molar-refractivity contribution is 0.240. The van der Waals surface area contributed by atoms with Crippen LogP contribution in [0.3, 0.4) is 0 Å². The summed E-state index contributed by atoms with van der Waals surface area (Å²) in [5, 5.41) is 5.59. The maximum absolute atomic E-state index is 11.6. The molecule has 2 N–H and O–H groups in total. The summed E-state index contributed by atoms with van der Waals surface area (Å²) in [5.41, 5.74) is 1.99. The molecule has 0 atom stereocenters. The van der Waals surface area contributed by atoms with Crippen LogP contribution in [0.5, 0.6) is 5.75 Å². The van der Waals surface area contributed by atoms with Gasteiger partial charge in [0.05, 0.1) is 19.3 Å². The van der Waals surface area contributed by atoms with Gasteiger partial charge in [-0.3, -0.25) is 4.98 Å². The van der Waals surface area contributed by atoms with Crippen LogP contribution in [0.1, 0.15) is 11.3 Å². The van der Waals surface area contributed by atoms with Gasteiger partial charge in [-0.05, 0) is 36.2 Å². The van der Waals surface area contributed by atoms with Gasteiger partial charge in [0.1, 0.15) is 5.75 Å². The summed E-state index contributed by atoms with van der Waals surface area (Å²) in [4.78, 5) is 15.8. The molecule has 1 aromatic heterocycles. The number of carbonyl (C=O) groups is 1. The summed E-state index contributed by atoms with van der Waals surface area (Å²) in [6.45, 7) is 1.01. The van der Waals surface area contributed by atoms with Gasteiger partial charge in [0, 0.05) is 12.7 Å². The molecule has 0 unspecified atom stereocenters. The van der Waals surface area contributed by atoms with Gasteiger partial charge in [-0.25, -0.2) is 4.79 Å². The number of pyridine rings is 1. The second-order valence-electron chi connectivity index (χ2n) is 4.53. The lowest BCUT2D eigenvalue weighted by Crippen LogP contribution is -2.36. The second-order valence-corrected chi connectivity index (χ2v) is 4.53. The fraction of sp³-hybridized carbons (Fsp3) is 0.250. The molecule has 21 heavy (non-hydrogen) atoms. The standard InChI is InChI=1S/C16H19N3O2/c1-21-15-7-5-13(6-8-15)9-11-18-16(20)19-12-14-4-2-3-10-17-14/h2-8,10H,9,11-12H2,1H3,(H2,18,19,20). The van der Waals surface area contributed by atoms with Crippen LogP contribution < -0.4 is 15.4 Å². The van der Waals surface area contributed by atoms with Crippen molar-refractivity contribution in [3.05, 3.63) is 59.9 Å². The van der Waals surface area contributed by atoms with Crippen molar-refractivity contribution in [2.45, 2.75) is 13.0 Å². The first-order valence-corrected chi connectivity index (χ1v) is 6.82. The van der Waals surface area contributed by atoms with Crippen molar-refractivity contribution in [1.82, 2.24) is 15.6 Å². The highest BCUT2D eigenvalue weighted by Crippen LogP contribution is 2.11. The van der Waals surface area contributed by atoms with E-state index < -0.39 is 0 Å². The SMILES string of the molecule is COc1ccc(CCNC(=O)NCc2ccccn2)cc1. The molecule has 0 aliphatic rings. The van der Waals surface area contributed by atoms with E-state index in [0.29, 0.717) is 13.1 Å². The van der Waals surface area contributed by atoms with Crippen LogP contribution in [0.4, 0.5) is 4.79 Å². The molecule has 5 heteroatoms. The topological polar surface area (TPSA) is 63.2 Å². The number of amides is 2. The van der Waals surface area contributed by atoms with Crippen LogP contribution in [0.2, 0.25) is 0 Å². The van der Waals surface area contributed by atoms with Gasteiger partial charge < -0.3 is 15.4 Å². The van der Waals surface area contributed by atoms with Crippen molar-refractivity contribution in [3.8, 4) is 5.75 Å². The third-order valence-corrected chi connectivity index (χ3v) is 3.01. The number of benzene rings is 1. The van der Waals surface area contributed by atoms with E-state index in [1.807, 2.05) is 42.5 Å². The molecule has 5 nitrogen and oxygen atoms in total. The molecule has 0 aliphatic carbocycles. The van der Waals surface area contributed by atoms with Gasteiger partial charge in [0.15, 0.2) is 0 Å². The molecule has 0 radical (unpaired) electrons. The number of nitrogens with zero attached hydrogens (tertiary/aromatic N) is 1. The molecule has 1 heterocycles. The normalized spacial score (nSPS) is 9.95. The summed E-state index contributed by atoms with van der Waals surface area (Å²) < 4.78 is 5.10. The molecule has 0 bridgehead atoms. The van der Waals surface area contributed by atoms with Gasteiger partial charge in [-0.2, -0.15) is 0 Å². The minimum Gasteiger partial charge on any atom is -0.497 e. The number of methoxy groups -OCH3 is 1. The average Bonchev–Trinajstić information content (AvgIpc) is 2.54. The minimum absolute atomic E-state index is 0.186. The number of nitrogens with one attached hydrogen (secondary N) is 2. The van der Waals surface area contributed by atoms with E-state index >= 15 is 0 Å². The lowest BCUT2D eigenvalue weighted by Gasteiger charge is -2.07. The number of aromatic nitrogens is 1. The predicted molar refractivity (Wildman–Crippen MR) is 81.2 cm³/mol. The number of carbonyl (C=O) groups excluding carboxylic acids is 1. The lowest BCUT2D eigenvalue weighted by atomic mass is 10.1. The smallest absolute Gasteiger partial charge is 0.315 e. The fourth-order valence-electron chi connectivity index (χ4n) is 1.85. The number of rotatable bonds is 6. The third-order valence-electron chi connectivity index (χ3n) is 3.01. The molecule has 0 spiro atoms. The second kappa shape index (κ2) is 7.89. The minimum atomic E-state index is -0.186. The molecular formula is C16H19N3O2. The molecule has 110 valence electrons. The average molecular weight is 285 g/mol. The summed E-state index contributed by atoms with van der Waals surface area (Å²) >= 11 is 0. The zero-order chi connectivity index (χ0) is 14.9. The van der Waals surface area contributed by atoms with Crippen LogP contribution in [-0.2, 0) is 13.0 Å². The van der Waals surface area contributed by atoms with Crippen molar-refractivity contribution in [3.63, 3.8) is 0 Å². The van der Waals surface area contributed by atoms with E-state index in [-0.39, 0.29) is 6.03 Å². The molecule has 1 aromatic carbocycles. The van der Waals surface area contributed by atoms with Crippen LogP contribution in [0.15, 0.2) is 48.7 Å². The van der Waals surface area contributed by atoms with Crippen LogP contribution in [-0.4, -0.2) is 24.7 Å². The van der Waals surface area contributed by atoms with Crippen LogP contribution in [0, 0.1) is 0 Å². The number of urea groups is 1. The Labute approximate surface area is 124 Å². The zero-order valence-electron chi connectivity index (χ0n) is 12.0. The first kappa shape index (κ1) is 14.8. The van der Waals surface area contributed by atoms with Crippen molar-refractivity contribution < 1.29 is 9.53 Å². The highest BCUT2D eigenvalue weighted by Gasteiger charge is 2.01. The van der Waals surface area contributed by atoms with E-state index in [1.165, 1.54) is 0 Å². The molecule has 2 amide bonds. The Morgan fingerprint density at radius 2 is 1.95 bits per heavy atom. The Morgan fingerprint density at radius 1 is 1.14 bits per heavy atom. The first-order valence-electron chi connectivity index (χ1n) is 6.82. The molecular weight excluding hydrogens is 266 g/mol. The summed E-state index contributed by atoms with van der Waals surface area (Å²) in [6, 6.07) is 13.2. The Balaban J connectivity index is 1.66. The largest absolute Gasteiger partial charge is 0.497 e. The molecule has 0 aliphatic heterocycles. The maximum Gasteiger partial charge on any atom is 0.315 e. The van der Waals surface area contributed by atoms with E-state index in [1.54, 1.807) is 13.3 Å². The number of hydrogen-bond donors (Lipinski definition) is 2. The molecule has 0 fully saturated rings. The van der Waals surface area contributed by atoms with E-state index in [9.17, 15) is 4.79 Å². The van der Waals surface area contributed by atoms with Crippen molar-refractivity contribution in [1.29, 1.82) is 0 Å². The fourth-order valence-corrected chi connectivity index (χ4v) is 1.85. The number of hydrogen-bond acceptors (Lipinski definition) is 3. The van der Waals surface area contributed by atoms with E-state index in [2.05, 4.69) is 15.6 Å². The summed E-state index contributed by atoms with van der Waals surface area (Å²) in [7, 11) is 1.64. The first-order chi connectivity index (χ1) is 10.3. The monoisotopic (exact) mass is 285 g/mol. The van der Waals surface area contributed by atoms with Gasteiger partial charge in [-0.1, -0.05) is 18.2 Å². The van der Waals surface area contributed by atoms with Gasteiger partial charge >= 0.3 is 6.03 Å². The van der Waals surface area contributed by atoms with Crippen molar-refractivity contribution >= 4 is 6.03 Å². The van der Waals surface area contributed by atoms with Gasteiger partial charge in [0.2, 0.25) is 0 Å². The Kier molecular flexibility index (Phi) is 5.58. The van der Waals surface area contributed by atoms with Gasteiger partial charge in [-0.15, -0.1) is 0 Å². The van der Waals surface area contributed by atoms with E-state index in [4.69, 9.17) is 4.74 Å². The Morgan fingerprint density at radius 3 is 2.62 bits per heavy atom. The van der Waals surface area contributed by atoms with E-state index in [0.717, 1.165) is 23.4 Å². The number of ether oxygens (including phenoxy) is 1. The Hall–Kier alpha value is -2.56. The highest BCUT2D eigenvalue weighted by molar-refractivity contribution is 5.73. The summed E-state index contributed by atoms with van der Waals surface area (Å²) in [5.74, 6) is 0.833. The quantitative estimate of drug-likeness (QED) is 0.854. The maximum atomic E-state index is 11.6. The van der Waals surface area contributed by atoms with Crippen LogP contribution >= 0.6 is 0 Å². The molecule has 0 saturated heterocycles.